The van der Waals surface area contributed by atoms with Crippen molar-refractivity contribution < 1.29 is 9.50 Å². The molecular formula is C15H15FN4O. The van der Waals surface area contributed by atoms with E-state index in [0.717, 1.165) is 5.56 Å². The first-order valence-electron chi connectivity index (χ1n) is 6.60. The summed E-state index contributed by atoms with van der Waals surface area (Å²) >= 11 is 0. The van der Waals surface area contributed by atoms with Crippen LogP contribution < -0.4 is 0 Å². The van der Waals surface area contributed by atoms with Gasteiger partial charge in [0.15, 0.2) is 0 Å². The summed E-state index contributed by atoms with van der Waals surface area (Å²) in [6.45, 7) is 3.71. The number of aliphatic hydroxyl groups is 1. The monoisotopic (exact) mass is 286 g/mol. The fraction of sp³-hybridized carbons (Fsp3) is 0.267. The van der Waals surface area contributed by atoms with Crippen LogP contribution in [0.1, 0.15) is 25.1 Å². The van der Waals surface area contributed by atoms with Gasteiger partial charge < -0.3 is 5.11 Å². The maximum Gasteiger partial charge on any atom is 0.132 e. The molecule has 108 valence electrons. The van der Waals surface area contributed by atoms with E-state index >= 15 is 0 Å². The Morgan fingerprint density at radius 3 is 2.81 bits per heavy atom. The van der Waals surface area contributed by atoms with Crippen LogP contribution in [0.25, 0.3) is 10.9 Å². The van der Waals surface area contributed by atoms with E-state index in [1.165, 1.54) is 6.07 Å². The molecule has 5 nitrogen and oxygen atoms in total. The van der Waals surface area contributed by atoms with Crippen LogP contribution in [0.3, 0.4) is 0 Å². The average Bonchev–Trinajstić information content (AvgIpc) is 2.91. The van der Waals surface area contributed by atoms with Gasteiger partial charge in [0.2, 0.25) is 0 Å². The van der Waals surface area contributed by atoms with Gasteiger partial charge in [0.05, 0.1) is 18.3 Å². The smallest absolute Gasteiger partial charge is 0.132 e. The molecule has 0 aliphatic carbocycles. The first-order chi connectivity index (χ1) is 9.95. The van der Waals surface area contributed by atoms with Crippen molar-refractivity contribution in [2.75, 3.05) is 0 Å². The standard InChI is InChI=1S/C15H15FN4O/c1-15(2,21)13-9-20(19-18-13)8-10-5-6-12(16)11-4-3-7-17-14(10)11/h3-7,9,21H,8H2,1-2H3. The molecule has 0 aliphatic heterocycles. The number of hydrogen-bond donors (Lipinski definition) is 1. The van der Waals surface area contributed by atoms with Crippen LogP contribution in [-0.2, 0) is 12.1 Å². The van der Waals surface area contributed by atoms with Crippen molar-refractivity contribution in [2.45, 2.75) is 26.0 Å². The van der Waals surface area contributed by atoms with E-state index in [1.807, 2.05) is 0 Å². The Kier molecular flexibility index (Phi) is 3.17. The zero-order chi connectivity index (χ0) is 15.0. The molecule has 2 aromatic heterocycles. The lowest BCUT2D eigenvalue weighted by Gasteiger charge is -2.11. The van der Waals surface area contributed by atoms with Crippen LogP contribution in [0, 0.1) is 5.82 Å². The second-order valence-corrected chi connectivity index (χ2v) is 5.47. The molecule has 0 saturated carbocycles. The number of benzene rings is 1. The molecule has 0 saturated heterocycles. The molecule has 3 aromatic rings. The Morgan fingerprint density at radius 1 is 1.29 bits per heavy atom. The highest BCUT2D eigenvalue weighted by atomic mass is 19.1. The molecule has 21 heavy (non-hydrogen) atoms. The lowest BCUT2D eigenvalue weighted by molar-refractivity contribution is 0.0737. The van der Waals surface area contributed by atoms with Crippen LogP contribution >= 0.6 is 0 Å². The van der Waals surface area contributed by atoms with Crippen LogP contribution in [0.4, 0.5) is 4.39 Å². The van der Waals surface area contributed by atoms with Crippen molar-refractivity contribution in [1.82, 2.24) is 20.0 Å². The molecule has 0 radical (unpaired) electrons. The van der Waals surface area contributed by atoms with Gasteiger partial charge in [-0.3, -0.25) is 4.98 Å². The number of pyridine rings is 1. The quantitative estimate of drug-likeness (QED) is 0.802. The number of rotatable bonds is 3. The van der Waals surface area contributed by atoms with E-state index in [2.05, 4.69) is 15.3 Å². The normalized spacial score (nSPS) is 12.0. The van der Waals surface area contributed by atoms with Crippen molar-refractivity contribution >= 4 is 10.9 Å². The second-order valence-electron chi connectivity index (χ2n) is 5.47. The Bertz CT molecular complexity index is 792. The molecule has 1 N–H and O–H groups in total. The van der Waals surface area contributed by atoms with Crippen LogP contribution in [0.15, 0.2) is 36.7 Å². The van der Waals surface area contributed by atoms with E-state index < -0.39 is 5.60 Å². The molecule has 0 bridgehead atoms. The SMILES string of the molecule is CC(C)(O)c1cn(Cc2ccc(F)c3cccnc23)nn1. The van der Waals surface area contributed by atoms with E-state index in [0.29, 0.717) is 23.1 Å². The molecule has 0 aliphatic rings. The highest BCUT2D eigenvalue weighted by Gasteiger charge is 2.20. The Hall–Kier alpha value is -2.34. The number of halogens is 1. The highest BCUT2D eigenvalue weighted by molar-refractivity contribution is 5.82. The molecule has 0 amide bonds. The highest BCUT2D eigenvalue weighted by Crippen LogP contribution is 2.21. The summed E-state index contributed by atoms with van der Waals surface area (Å²) in [5.74, 6) is -0.294. The van der Waals surface area contributed by atoms with E-state index in [-0.39, 0.29) is 5.82 Å². The summed E-state index contributed by atoms with van der Waals surface area (Å²) in [5.41, 5.74) is 0.903. The van der Waals surface area contributed by atoms with Gasteiger partial charge >= 0.3 is 0 Å². The topological polar surface area (TPSA) is 63.8 Å². The van der Waals surface area contributed by atoms with Gasteiger partial charge in [-0.05, 0) is 32.0 Å². The minimum atomic E-state index is -1.04. The van der Waals surface area contributed by atoms with Crippen molar-refractivity contribution in [3.8, 4) is 0 Å². The maximum atomic E-state index is 13.8. The first kappa shape index (κ1) is 13.6. The van der Waals surface area contributed by atoms with Crippen molar-refractivity contribution in [2.24, 2.45) is 0 Å². The van der Waals surface area contributed by atoms with Gasteiger partial charge in [-0.25, -0.2) is 9.07 Å². The lowest BCUT2D eigenvalue weighted by atomic mass is 10.1. The Balaban J connectivity index is 1.99. The van der Waals surface area contributed by atoms with E-state index in [1.54, 1.807) is 49.1 Å². The van der Waals surface area contributed by atoms with Crippen LogP contribution in [0.5, 0.6) is 0 Å². The summed E-state index contributed by atoms with van der Waals surface area (Å²) in [5, 5.41) is 18.3. The van der Waals surface area contributed by atoms with E-state index in [4.69, 9.17) is 0 Å². The van der Waals surface area contributed by atoms with Gasteiger partial charge in [0, 0.05) is 17.1 Å². The predicted molar refractivity (Wildman–Crippen MR) is 76.1 cm³/mol. The Labute approximate surface area is 121 Å². The molecule has 0 fully saturated rings. The molecular weight excluding hydrogens is 271 g/mol. The van der Waals surface area contributed by atoms with Gasteiger partial charge in [-0.2, -0.15) is 0 Å². The van der Waals surface area contributed by atoms with Gasteiger partial charge in [0.25, 0.3) is 0 Å². The predicted octanol–water partition coefficient (Wildman–Crippen LogP) is 2.24. The van der Waals surface area contributed by atoms with E-state index in [9.17, 15) is 9.50 Å². The number of aromatic nitrogens is 4. The van der Waals surface area contributed by atoms with Gasteiger partial charge in [-0.1, -0.05) is 11.3 Å². The van der Waals surface area contributed by atoms with Crippen LogP contribution in [0.2, 0.25) is 0 Å². The van der Waals surface area contributed by atoms with Crippen molar-refractivity contribution in [3.05, 3.63) is 53.7 Å². The third kappa shape index (κ3) is 2.62. The average molecular weight is 286 g/mol. The summed E-state index contributed by atoms with van der Waals surface area (Å²) in [7, 11) is 0. The summed E-state index contributed by atoms with van der Waals surface area (Å²) in [6.07, 6.45) is 3.31. The zero-order valence-corrected chi connectivity index (χ0v) is 11.8. The number of nitrogens with zero attached hydrogens (tertiary/aromatic N) is 4. The summed E-state index contributed by atoms with van der Waals surface area (Å²) in [4.78, 5) is 4.24. The molecule has 0 unspecified atom stereocenters. The molecule has 3 rings (SSSR count). The fourth-order valence-corrected chi connectivity index (χ4v) is 2.15. The molecule has 6 heteroatoms. The maximum absolute atomic E-state index is 13.8. The second kappa shape index (κ2) is 4.89. The minimum Gasteiger partial charge on any atom is -0.384 e. The third-order valence-corrected chi connectivity index (χ3v) is 3.30. The summed E-state index contributed by atoms with van der Waals surface area (Å²) < 4.78 is 15.4. The van der Waals surface area contributed by atoms with Crippen molar-refractivity contribution in [1.29, 1.82) is 0 Å². The fourth-order valence-electron chi connectivity index (χ4n) is 2.15. The molecule has 1 aromatic carbocycles. The summed E-state index contributed by atoms with van der Waals surface area (Å²) in [6, 6.07) is 6.52. The molecule has 0 spiro atoms. The minimum absolute atomic E-state index is 0.294. The van der Waals surface area contributed by atoms with Crippen LogP contribution in [-0.4, -0.2) is 25.1 Å². The van der Waals surface area contributed by atoms with Gasteiger partial charge in [0.1, 0.15) is 17.1 Å². The molecule has 0 atom stereocenters. The largest absolute Gasteiger partial charge is 0.384 e. The molecule has 2 heterocycles. The van der Waals surface area contributed by atoms with Crippen molar-refractivity contribution in [3.63, 3.8) is 0 Å². The number of hydrogen-bond acceptors (Lipinski definition) is 4. The zero-order valence-electron chi connectivity index (χ0n) is 11.8. The van der Waals surface area contributed by atoms with Gasteiger partial charge in [-0.15, -0.1) is 5.10 Å². The lowest BCUT2D eigenvalue weighted by Crippen LogP contribution is -2.15. The number of fused-ring (bicyclic) bond motifs is 1. The Morgan fingerprint density at radius 2 is 2.10 bits per heavy atom. The first-order valence-corrected chi connectivity index (χ1v) is 6.60. The third-order valence-electron chi connectivity index (χ3n) is 3.30.